The van der Waals surface area contributed by atoms with Crippen LogP contribution in [0.5, 0.6) is 0 Å². The van der Waals surface area contributed by atoms with Gasteiger partial charge in [-0.1, -0.05) is 37.6 Å². The molecule has 1 nitrogen and oxygen atoms in total. The summed E-state index contributed by atoms with van der Waals surface area (Å²) in [6, 6.07) is 8.51. The van der Waals surface area contributed by atoms with Gasteiger partial charge in [-0.2, -0.15) is 0 Å². The first-order valence-electron chi connectivity index (χ1n) is 5.07. The third-order valence-corrected chi connectivity index (χ3v) is 2.75. The molecule has 1 rings (SSSR count). The van der Waals surface area contributed by atoms with Gasteiger partial charge in [0.2, 0.25) is 0 Å². The third-order valence-electron chi connectivity index (χ3n) is 2.52. The van der Waals surface area contributed by atoms with Gasteiger partial charge in [-0.15, -0.1) is 0 Å². The Balaban J connectivity index is 2.45. The van der Waals surface area contributed by atoms with E-state index in [4.69, 9.17) is 11.6 Å². The molecule has 2 heteroatoms. The Morgan fingerprint density at radius 2 is 2.00 bits per heavy atom. The number of rotatable bonds is 4. The lowest BCUT2D eigenvalue weighted by molar-refractivity contribution is 0.426. The Morgan fingerprint density at radius 3 is 2.57 bits per heavy atom. The smallest absolute Gasteiger partial charge is 0.0409 e. The molecule has 1 N–H and O–H groups in total. The molecule has 0 unspecified atom stereocenters. The zero-order chi connectivity index (χ0) is 10.6. The zero-order valence-corrected chi connectivity index (χ0v) is 9.81. The molecule has 0 saturated heterocycles. The van der Waals surface area contributed by atoms with Crippen molar-refractivity contribution in [2.75, 3.05) is 0 Å². The van der Waals surface area contributed by atoms with Crippen molar-refractivity contribution in [3.8, 4) is 0 Å². The number of hydrogen-bond donors (Lipinski definition) is 1. The number of benzene rings is 1. The SMILES string of the molecule is CC(C)[C@H](C)NCc1cccc(Cl)c1. The van der Waals surface area contributed by atoms with Crippen molar-refractivity contribution in [1.29, 1.82) is 0 Å². The van der Waals surface area contributed by atoms with Crippen molar-refractivity contribution in [2.24, 2.45) is 5.92 Å². The molecule has 0 radical (unpaired) electrons. The van der Waals surface area contributed by atoms with E-state index in [1.165, 1.54) is 5.56 Å². The van der Waals surface area contributed by atoms with E-state index >= 15 is 0 Å². The predicted octanol–water partition coefficient (Wildman–Crippen LogP) is 3.47. The molecule has 1 aromatic rings. The van der Waals surface area contributed by atoms with Crippen LogP contribution in [-0.4, -0.2) is 6.04 Å². The van der Waals surface area contributed by atoms with Gasteiger partial charge in [0.05, 0.1) is 0 Å². The summed E-state index contributed by atoms with van der Waals surface area (Å²) in [7, 11) is 0. The lowest BCUT2D eigenvalue weighted by Gasteiger charge is -2.17. The van der Waals surface area contributed by atoms with Crippen LogP contribution in [-0.2, 0) is 6.54 Å². The fraction of sp³-hybridized carbons (Fsp3) is 0.500. The van der Waals surface area contributed by atoms with Crippen LogP contribution in [0.1, 0.15) is 26.3 Å². The molecule has 0 aliphatic rings. The maximum Gasteiger partial charge on any atom is 0.0409 e. The second-order valence-electron chi connectivity index (χ2n) is 4.04. The van der Waals surface area contributed by atoms with Crippen molar-refractivity contribution >= 4 is 11.6 Å². The highest BCUT2D eigenvalue weighted by molar-refractivity contribution is 6.30. The van der Waals surface area contributed by atoms with Crippen LogP contribution in [0.2, 0.25) is 5.02 Å². The predicted molar refractivity (Wildman–Crippen MR) is 62.6 cm³/mol. The van der Waals surface area contributed by atoms with Crippen LogP contribution in [0.25, 0.3) is 0 Å². The summed E-state index contributed by atoms with van der Waals surface area (Å²) in [6.07, 6.45) is 0. The molecular weight excluding hydrogens is 194 g/mol. The highest BCUT2D eigenvalue weighted by atomic mass is 35.5. The summed E-state index contributed by atoms with van der Waals surface area (Å²) in [5, 5.41) is 4.27. The summed E-state index contributed by atoms with van der Waals surface area (Å²) >= 11 is 5.89. The molecule has 14 heavy (non-hydrogen) atoms. The largest absolute Gasteiger partial charge is 0.310 e. The van der Waals surface area contributed by atoms with Gasteiger partial charge in [0.15, 0.2) is 0 Å². The van der Waals surface area contributed by atoms with Crippen molar-refractivity contribution in [1.82, 2.24) is 5.32 Å². The minimum absolute atomic E-state index is 0.536. The van der Waals surface area contributed by atoms with E-state index in [9.17, 15) is 0 Å². The number of halogens is 1. The van der Waals surface area contributed by atoms with Crippen molar-refractivity contribution in [3.05, 3.63) is 34.9 Å². The quantitative estimate of drug-likeness (QED) is 0.804. The van der Waals surface area contributed by atoms with E-state index in [-0.39, 0.29) is 0 Å². The molecule has 78 valence electrons. The van der Waals surface area contributed by atoms with E-state index in [0.717, 1.165) is 11.6 Å². The first kappa shape index (κ1) is 11.5. The van der Waals surface area contributed by atoms with Crippen molar-refractivity contribution < 1.29 is 0 Å². The second-order valence-corrected chi connectivity index (χ2v) is 4.48. The topological polar surface area (TPSA) is 12.0 Å². The fourth-order valence-electron chi connectivity index (χ4n) is 1.16. The second kappa shape index (κ2) is 5.38. The molecule has 0 aliphatic heterocycles. The molecule has 1 atom stereocenters. The number of hydrogen-bond acceptors (Lipinski definition) is 1. The molecule has 0 spiro atoms. The summed E-state index contributed by atoms with van der Waals surface area (Å²) in [6.45, 7) is 7.53. The van der Waals surface area contributed by atoms with Crippen molar-refractivity contribution in [3.63, 3.8) is 0 Å². The average molecular weight is 212 g/mol. The van der Waals surface area contributed by atoms with E-state index in [1.54, 1.807) is 0 Å². The Morgan fingerprint density at radius 1 is 1.29 bits per heavy atom. The Hall–Kier alpha value is -0.530. The average Bonchev–Trinajstić information content (AvgIpc) is 2.14. The van der Waals surface area contributed by atoms with Crippen LogP contribution in [0.3, 0.4) is 0 Å². The van der Waals surface area contributed by atoms with Gasteiger partial charge in [-0.25, -0.2) is 0 Å². The first-order valence-corrected chi connectivity index (χ1v) is 5.45. The summed E-state index contributed by atoms with van der Waals surface area (Å²) in [4.78, 5) is 0. The first-order chi connectivity index (χ1) is 6.59. The van der Waals surface area contributed by atoms with Crippen molar-refractivity contribution in [2.45, 2.75) is 33.4 Å². The molecular formula is C12H18ClN. The van der Waals surface area contributed by atoms with Crippen LogP contribution in [0, 0.1) is 5.92 Å². The maximum atomic E-state index is 5.89. The lowest BCUT2D eigenvalue weighted by atomic mass is 10.1. The standard InChI is InChI=1S/C12H18ClN/c1-9(2)10(3)14-8-11-5-4-6-12(13)7-11/h4-7,9-10,14H,8H2,1-3H3/t10-/m0/s1. The maximum absolute atomic E-state index is 5.89. The minimum atomic E-state index is 0.536. The van der Waals surface area contributed by atoms with Gasteiger partial charge >= 0.3 is 0 Å². The molecule has 1 aromatic carbocycles. The molecule has 0 saturated carbocycles. The fourth-order valence-corrected chi connectivity index (χ4v) is 1.37. The molecule has 0 heterocycles. The molecule has 0 fully saturated rings. The molecule has 0 aromatic heterocycles. The zero-order valence-electron chi connectivity index (χ0n) is 9.05. The third kappa shape index (κ3) is 3.69. The molecule has 0 bridgehead atoms. The van der Waals surface area contributed by atoms with Crippen LogP contribution >= 0.6 is 11.6 Å². The van der Waals surface area contributed by atoms with E-state index < -0.39 is 0 Å². The van der Waals surface area contributed by atoms with E-state index in [0.29, 0.717) is 12.0 Å². The Kier molecular flexibility index (Phi) is 4.43. The summed E-state index contributed by atoms with van der Waals surface area (Å²) in [5.41, 5.74) is 1.24. The highest BCUT2D eigenvalue weighted by Crippen LogP contribution is 2.11. The van der Waals surface area contributed by atoms with E-state index in [1.807, 2.05) is 18.2 Å². The van der Waals surface area contributed by atoms with Gasteiger partial charge in [0.1, 0.15) is 0 Å². The van der Waals surface area contributed by atoms with Gasteiger partial charge in [0.25, 0.3) is 0 Å². The molecule has 0 aliphatic carbocycles. The van der Waals surface area contributed by atoms with Gasteiger partial charge in [-0.3, -0.25) is 0 Å². The molecule has 0 amide bonds. The van der Waals surface area contributed by atoms with Crippen LogP contribution < -0.4 is 5.32 Å². The van der Waals surface area contributed by atoms with E-state index in [2.05, 4.69) is 32.2 Å². The van der Waals surface area contributed by atoms with Gasteiger partial charge < -0.3 is 5.32 Å². The Labute approximate surface area is 91.5 Å². The number of nitrogens with one attached hydrogen (secondary N) is 1. The summed E-state index contributed by atoms with van der Waals surface area (Å²) in [5.74, 6) is 0.661. The normalized spacial score (nSPS) is 13.2. The Bertz CT molecular complexity index is 283. The highest BCUT2D eigenvalue weighted by Gasteiger charge is 2.05. The monoisotopic (exact) mass is 211 g/mol. The van der Waals surface area contributed by atoms with Gasteiger partial charge in [0, 0.05) is 17.6 Å². The van der Waals surface area contributed by atoms with Gasteiger partial charge in [-0.05, 0) is 30.5 Å². The lowest BCUT2D eigenvalue weighted by Crippen LogP contribution is -2.30. The minimum Gasteiger partial charge on any atom is -0.310 e. The van der Waals surface area contributed by atoms with Crippen LogP contribution in [0.4, 0.5) is 0 Å². The van der Waals surface area contributed by atoms with Crippen LogP contribution in [0.15, 0.2) is 24.3 Å². The summed E-state index contributed by atoms with van der Waals surface area (Å²) < 4.78 is 0.